The molecule has 0 fully saturated rings. The van der Waals surface area contributed by atoms with Gasteiger partial charge in [0, 0.05) is 16.7 Å². The minimum atomic E-state index is -0.262. The van der Waals surface area contributed by atoms with Crippen LogP contribution >= 0.6 is 11.8 Å². The van der Waals surface area contributed by atoms with Crippen LogP contribution in [0.15, 0.2) is 88.8 Å². The van der Waals surface area contributed by atoms with E-state index in [1.165, 1.54) is 17.8 Å². The van der Waals surface area contributed by atoms with Crippen LogP contribution in [0.3, 0.4) is 0 Å². The van der Waals surface area contributed by atoms with Crippen molar-refractivity contribution >= 4 is 33.7 Å². The number of nitrogens with zero attached hydrogens (tertiary/aromatic N) is 2. The number of rotatable bonds is 4. The van der Waals surface area contributed by atoms with Gasteiger partial charge in [-0.25, -0.2) is 9.37 Å². The number of H-pyrrole nitrogens is 1. The molecule has 0 saturated heterocycles. The van der Waals surface area contributed by atoms with Gasteiger partial charge in [0.15, 0.2) is 5.16 Å². The summed E-state index contributed by atoms with van der Waals surface area (Å²) >= 11 is 1.35. The Kier molecular flexibility index (Phi) is 4.41. The molecule has 0 aliphatic heterocycles. The van der Waals surface area contributed by atoms with Crippen LogP contribution in [0.2, 0.25) is 0 Å². The lowest BCUT2D eigenvalue weighted by Crippen LogP contribution is -2.21. The van der Waals surface area contributed by atoms with Crippen LogP contribution in [0.5, 0.6) is 0 Å². The zero-order valence-electron chi connectivity index (χ0n) is 15.3. The van der Waals surface area contributed by atoms with Crippen LogP contribution in [0.25, 0.3) is 27.6 Å². The number of para-hydroxylation sites is 2. The summed E-state index contributed by atoms with van der Waals surface area (Å²) in [5.41, 5.74) is 3.09. The SMILES string of the molecule is O=c1c2[nH]c3ccccc3c2nc(SCc2ccccc2F)n1-c1ccccc1. The van der Waals surface area contributed by atoms with Crippen molar-refractivity contribution in [2.75, 3.05) is 0 Å². The van der Waals surface area contributed by atoms with Crippen molar-refractivity contribution in [3.8, 4) is 5.69 Å². The van der Waals surface area contributed by atoms with E-state index in [0.29, 0.717) is 27.5 Å². The minimum Gasteiger partial charge on any atom is -0.349 e. The molecule has 0 saturated carbocycles. The summed E-state index contributed by atoms with van der Waals surface area (Å²) in [4.78, 5) is 21.4. The second-order valence-electron chi connectivity index (χ2n) is 6.64. The monoisotopic (exact) mass is 401 g/mol. The highest BCUT2D eigenvalue weighted by molar-refractivity contribution is 7.98. The molecule has 0 unspecified atom stereocenters. The smallest absolute Gasteiger partial charge is 0.283 e. The normalized spacial score (nSPS) is 11.3. The molecule has 0 aliphatic rings. The van der Waals surface area contributed by atoms with Gasteiger partial charge in [0.25, 0.3) is 5.56 Å². The minimum absolute atomic E-state index is 0.173. The van der Waals surface area contributed by atoms with Crippen molar-refractivity contribution in [3.05, 3.63) is 101 Å². The summed E-state index contributed by atoms with van der Waals surface area (Å²) in [6, 6.07) is 23.8. The lowest BCUT2D eigenvalue weighted by Gasteiger charge is -2.12. The summed E-state index contributed by atoms with van der Waals surface area (Å²) < 4.78 is 15.7. The van der Waals surface area contributed by atoms with Crippen molar-refractivity contribution in [1.29, 1.82) is 0 Å². The van der Waals surface area contributed by atoms with Crippen molar-refractivity contribution < 1.29 is 4.39 Å². The van der Waals surface area contributed by atoms with Crippen LogP contribution in [-0.2, 0) is 5.75 Å². The van der Waals surface area contributed by atoms with E-state index >= 15 is 0 Å². The van der Waals surface area contributed by atoms with Gasteiger partial charge in [0.2, 0.25) is 0 Å². The Morgan fingerprint density at radius 1 is 0.931 bits per heavy atom. The molecule has 4 nitrogen and oxygen atoms in total. The molecule has 0 spiro atoms. The Bertz CT molecular complexity index is 1390. The van der Waals surface area contributed by atoms with Gasteiger partial charge in [0.05, 0.1) is 5.69 Å². The first-order valence-corrected chi connectivity index (χ1v) is 10.2. The molecular formula is C23H16FN3OS. The van der Waals surface area contributed by atoms with Crippen LogP contribution in [0.1, 0.15) is 5.56 Å². The summed E-state index contributed by atoms with van der Waals surface area (Å²) in [5.74, 6) is 0.113. The predicted octanol–water partition coefficient (Wildman–Crippen LogP) is 5.30. The van der Waals surface area contributed by atoms with E-state index in [1.807, 2.05) is 54.6 Å². The van der Waals surface area contributed by atoms with Gasteiger partial charge in [-0.15, -0.1) is 0 Å². The maximum atomic E-state index is 14.1. The molecule has 6 heteroatoms. The molecule has 29 heavy (non-hydrogen) atoms. The largest absolute Gasteiger partial charge is 0.349 e. The van der Waals surface area contributed by atoms with Gasteiger partial charge in [-0.2, -0.15) is 0 Å². The molecule has 0 amide bonds. The first-order valence-electron chi connectivity index (χ1n) is 9.17. The number of nitrogens with one attached hydrogen (secondary N) is 1. The number of hydrogen-bond donors (Lipinski definition) is 1. The van der Waals surface area contributed by atoms with Crippen molar-refractivity contribution in [1.82, 2.24) is 14.5 Å². The number of fused-ring (bicyclic) bond motifs is 3. The van der Waals surface area contributed by atoms with Crippen LogP contribution in [0.4, 0.5) is 4.39 Å². The number of halogens is 1. The number of benzene rings is 3. The van der Waals surface area contributed by atoms with Gasteiger partial charge >= 0.3 is 0 Å². The summed E-state index contributed by atoms with van der Waals surface area (Å²) in [6.07, 6.45) is 0. The van der Waals surface area contributed by atoms with Gasteiger partial charge in [-0.1, -0.05) is 66.4 Å². The first-order chi connectivity index (χ1) is 14.2. The number of hydrogen-bond acceptors (Lipinski definition) is 3. The Labute approximate surface area is 170 Å². The van der Waals surface area contributed by atoms with Crippen molar-refractivity contribution in [3.63, 3.8) is 0 Å². The van der Waals surface area contributed by atoms with Crippen LogP contribution in [-0.4, -0.2) is 14.5 Å². The Morgan fingerprint density at radius 2 is 1.66 bits per heavy atom. The van der Waals surface area contributed by atoms with Crippen LogP contribution < -0.4 is 5.56 Å². The van der Waals surface area contributed by atoms with E-state index in [-0.39, 0.29) is 11.4 Å². The second kappa shape index (κ2) is 7.22. The molecule has 2 aromatic heterocycles. The third-order valence-electron chi connectivity index (χ3n) is 4.82. The standard InChI is InChI=1S/C23H16FN3OS/c24-18-12-6-4-8-15(18)14-29-23-26-20-17-11-5-7-13-19(17)25-21(20)22(28)27(23)16-9-2-1-3-10-16/h1-13,25H,14H2. The average Bonchev–Trinajstić information content (AvgIpc) is 3.13. The zero-order chi connectivity index (χ0) is 19.8. The second-order valence-corrected chi connectivity index (χ2v) is 7.59. The number of thioether (sulfide) groups is 1. The van der Waals surface area contributed by atoms with E-state index in [0.717, 1.165) is 16.6 Å². The lowest BCUT2D eigenvalue weighted by molar-refractivity contribution is 0.617. The maximum Gasteiger partial charge on any atom is 0.283 e. The Hall–Kier alpha value is -3.38. The third-order valence-corrected chi connectivity index (χ3v) is 5.81. The molecule has 0 radical (unpaired) electrons. The molecule has 5 rings (SSSR count). The molecule has 5 aromatic rings. The summed E-state index contributed by atoms with van der Waals surface area (Å²) in [5, 5.41) is 1.43. The zero-order valence-corrected chi connectivity index (χ0v) is 16.1. The fraction of sp³-hybridized carbons (Fsp3) is 0.0435. The lowest BCUT2D eigenvalue weighted by atomic mass is 10.2. The molecular weight excluding hydrogens is 385 g/mol. The number of aromatic nitrogens is 3. The number of aromatic amines is 1. The van der Waals surface area contributed by atoms with E-state index in [9.17, 15) is 9.18 Å². The average molecular weight is 401 g/mol. The Morgan fingerprint density at radius 3 is 2.48 bits per heavy atom. The fourth-order valence-electron chi connectivity index (χ4n) is 3.40. The third kappa shape index (κ3) is 3.11. The molecule has 1 N–H and O–H groups in total. The van der Waals surface area contributed by atoms with E-state index in [2.05, 4.69) is 4.98 Å². The van der Waals surface area contributed by atoms with E-state index < -0.39 is 0 Å². The molecule has 2 heterocycles. The molecule has 3 aromatic carbocycles. The fourth-order valence-corrected chi connectivity index (χ4v) is 4.39. The quantitative estimate of drug-likeness (QED) is 0.328. The molecule has 0 atom stereocenters. The first kappa shape index (κ1) is 17.7. The van der Waals surface area contributed by atoms with E-state index in [1.54, 1.807) is 22.8 Å². The Balaban J connectivity index is 1.72. The van der Waals surface area contributed by atoms with Crippen molar-refractivity contribution in [2.45, 2.75) is 10.9 Å². The van der Waals surface area contributed by atoms with Gasteiger partial charge in [-0.05, 0) is 29.8 Å². The van der Waals surface area contributed by atoms with Crippen molar-refractivity contribution in [2.24, 2.45) is 0 Å². The predicted molar refractivity (Wildman–Crippen MR) is 115 cm³/mol. The molecule has 142 valence electrons. The summed E-state index contributed by atoms with van der Waals surface area (Å²) in [6.45, 7) is 0. The van der Waals surface area contributed by atoms with Gasteiger partial charge in [-0.3, -0.25) is 9.36 Å². The van der Waals surface area contributed by atoms with Gasteiger partial charge < -0.3 is 4.98 Å². The summed E-state index contributed by atoms with van der Waals surface area (Å²) in [7, 11) is 0. The maximum absolute atomic E-state index is 14.1. The van der Waals surface area contributed by atoms with E-state index in [4.69, 9.17) is 4.98 Å². The topological polar surface area (TPSA) is 50.7 Å². The molecule has 0 aliphatic carbocycles. The van der Waals surface area contributed by atoms with Gasteiger partial charge in [0.1, 0.15) is 16.9 Å². The highest BCUT2D eigenvalue weighted by Gasteiger charge is 2.17. The highest BCUT2D eigenvalue weighted by Crippen LogP contribution is 2.28. The van der Waals surface area contributed by atoms with Crippen LogP contribution in [0, 0.1) is 5.82 Å². The molecule has 0 bridgehead atoms. The highest BCUT2D eigenvalue weighted by atomic mass is 32.2.